The molecule has 94 valence electrons. The minimum absolute atomic E-state index is 0.0521. The third-order valence-corrected chi connectivity index (χ3v) is 2.88. The molecule has 1 heterocycles. The molecule has 2 amide bonds. The van der Waals surface area contributed by atoms with Crippen LogP contribution in [0.3, 0.4) is 0 Å². The minimum atomic E-state index is -1.09. The van der Waals surface area contributed by atoms with Crippen molar-refractivity contribution < 1.29 is 19.8 Å². The summed E-state index contributed by atoms with van der Waals surface area (Å²) in [7, 11) is 0. The average molecular weight is 248 g/mol. The van der Waals surface area contributed by atoms with E-state index in [0.717, 1.165) is 0 Å². The summed E-state index contributed by atoms with van der Waals surface area (Å²) in [4.78, 5) is 26.2. The summed E-state index contributed by atoms with van der Waals surface area (Å²) >= 11 is 0. The number of hydrogen-bond donors (Lipinski definition) is 3. The molecule has 2 rings (SSSR count). The first kappa shape index (κ1) is 12.1. The van der Waals surface area contributed by atoms with E-state index in [2.05, 4.69) is 10.3 Å². The first-order chi connectivity index (χ1) is 8.50. The molecule has 0 bridgehead atoms. The van der Waals surface area contributed by atoms with Gasteiger partial charge >= 0.3 is 12.0 Å². The van der Waals surface area contributed by atoms with Crippen LogP contribution in [-0.2, 0) is 4.79 Å². The van der Waals surface area contributed by atoms with Crippen molar-refractivity contribution in [1.82, 2.24) is 5.32 Å². The number of nitrogens with one attached hydrogen (secondary N) is 1. The van der Waals surface area contributed by atoms with Crippen molar-refractivity contribution in [3.63, 3.8) is 0 Å². The zero-order valence-electron chi connectivity index (χ0n) is 9.62. The highest BCUT2D eigenvalue weighted by atomic mass is 16.4. The maximum atomic E-state index is 11.4. The Morgan fingerprint density at radius 3 is 2.67 bits per heavy atom. The van der Waals surface area contributed by atoms with E-state index in [1.54, 1.807) is 18.2 Å². The molecular formula is C12H12N2O4. The molecule has 0 aliphatic carbocycles. The summed E-state index contributed by atoms with van der Waals surface area (Å²) in [6.45, 7) is 1.49. The zero-order valence-corrected chi connectivity index (χ0v) is 9.62. The van der Waals surface area contributed by atoms with Crippen LogP contribution >= 0.6 is 0 Å². The predicted molar refractivity (Wildman–Crippen MR) is 63.6 cm³/mol. The number of benzene rings is 1. The minimum Gasteiger partial charge on any atom is -0.508 e. The fraction of sp³-hybridized carbons (Fsp3) is 0.250. The molecule has 6 nitrogen and oxygen atoms in total. The second-order valence-electron chi connectivity index (χ2n) is 4.06. The fourth-order valence-electron chi connectivity index (χ4n) is 2.05. The summed E-state index contributed by atoms with van der Waals surface area (Å²) in [5.41, 5.74) is 0.590. The van der Waals surface area contributed by atoms with E-state index in [0.29, 0.717) is 5.56 Å². The van der Waals surface area contributed by atoms with Crippen LogP contribution in [0.25, 0.3) is 0 Å². The standard InChI is InChI=1S/C12H12N2O4/c1-6-9(11(16)17)10(14-12(18)13-6)7-4-2-3-5-8(7)15/h2-5,9-10,15H,1H3,(H,14,18)(H,16,17)/t9-,10-/m0/s1. The topological polar surface area (TPSA) is 99.0 Å². The third kappa shape index (κ3) is 2.04. The molecule has 2 atom stereocenters. The Kier molecular flexibility index (Phi) is 3.01. The van der Waals surface area contributed by atoms with Crippen molar-refractivity contribution in [2.24, 2.45) is 10.9 Å². The number of carboxylic acid groups (broad SMARTS) is 1. The second-order valence-corrected chi connectivity index (χ2v) is 4.06. The molecule has 1 aromatic carbocycles. The van der Waals surface area contributed by atoms with Gasteiger partial charge in [0.25, 0.3) is 0 Å². The molecule has 0 aromatic heterocycles. The number of phenolic OH excluding ortho intramolecular Hbond substituents is 1. The van der Waals surface area contributed by atoms with Crippen LogP contribution in [0.1, 0.15) is 18.5 Å². The monoisotopic (exact) mass is 248 g/mol. The van der Waals surface area contributed by atoms with Gasteiger partial charge in [-0.25, -0.2) is 9.79 Å². The van der Waals surface area contributed by atoms with Gasteiger partial charge in [0.2, 0.25) is 0 Å². The van der Waals surface area contributed by atoms with Crippen LogP contribution < -0.4 is 5.32 Å². The Hall–Kier alpha value is -2.37. The lowest BCUT2D eigenvalue weighted by atomic mass is 9.88. The number of carbonyl (C=O) groups excluding carboxylic acids is 1. The highest BCUT2D eigenvalue weighted by molar-refractivity contribution is 6.07. The Labute approximate surface area is 103 Å². The lowest BCUT2D eigenvalue weighted by molar-refractivity contribution is -0.140. The molecular weight excluding hydrogens is 236 g/mol. The quantitative estimate of drug-likeness (QED) is 0.734. The number of phenols is 1. The van der Waals surface area contributed by atoms with E-state index in [1.807, 2.05) is 0 Å². The molecule has 0 saturated heterocycles. The van der Waals surface area contributed by atoms with Crippen LogP contribution in [0.15, 0.2) is 29.3 Å². The molecule has 1 aliphatic rings. The summed E-state index contributed by atoms with van der Waals surface area (Å²) in [6, 6.07) is 4.91. The number of aliphatic imine (C=N–C) groups is 1. The van der Waals surface area contributed by atoms with Crippen molar-refractivity contribution in [2.45, 2.75) is 13.0 Å². The maximum absolute atomic E-state index is 11.4. The van der Waals surface area contributed by atoms with Crippen LogP contribution in [0.2, 0.25) is 0 Å². The van der Waals surface area contributed by atoms with Gasteiger partial charge in [-0.2, -0.15) is 0 Å². The first-order valence-corrected chi connectivity index (χ1v) is 5.37. The summed E-state index contributed by atoms with van der Waals surface area (Å²) in [5.74, 6) is -2.12. The van der Waals surface area contributed by atoms with Crippen molar-refractivity contribution in [1.29, 1.82) is 0 Å². The number of carbonyl (C=O) groups is 2. The van der Waals surface area contributed by atoms with Crippen LogP contribution in [-0.4, -0.2) is 27.9 Å². The number of nitrogens with zero attached hydrogens (tertiary/aromatic N) is 1. The summed E-state index contributed by atoms with van der Waals surface area (Å²) in [5, 5.41) is 21.4. The number of amides is 2. The normalized spacial score (nSPS) is 23.2. The number of urea groups is 1. The zero-order chi connectivity index (χ0) is 13.3. The van der Waals surface area contributed by atoms with Crippen molar-refractivity contribution in [2.75, 3.05) is 0 Å². The maximum Gasteiger partial charge on any atom is 0.341 e. The highest BCUT2D eigenvalue weighted by Gasteiger charge is 2.37. The molecule has 6 heteroatoms. The van der Waals surface area contributed by atoms with Crippen LogP contribution in [0.5, 0.6) is 5.75 Å². The molecule has 3 N–H and O–H groups in total. The van der Waals surface area contributed by atoms with E-state index < -0.39 is 24.0 Å². The number of hydrogen-bond acceptors (Lipinski definition) is 3. The molecule has 1 aromatic rings. The molecule has 0 radical (unpaired) electrons. The summed E-state index contributed by atoms with van der Waals surface area (Å²) in [6.07, 6.45) is 0. The van der Waals surface area contributed by atoms with Crippen LogP contribution in [0.4, 0.5) is 4.79 Å². The smallest absolute Gasteiger partial charge is 0.341 e. The van der Waals surface area contributed by atoms with Gasteiger partial charge in [0, 0.05) is 11.3 Å². The predicted octanol–water partition coefficient (Wildman–Crippen LogP) is 1.32. The lowest BCUT2D eigenvalue weighted by Crippen LogP contribution is -2.43. The van der Waals surface area contributed by atoms with Crippen molar-refractivity contribution in [3.05, 3.63) is 29.8 Å². The number of carboxylic acids is 1. The average Bonchev–Trinajstić information content (AvgIpc) is 2.27. The van der Waals surface area contributed by atoms with Gasteiger partial charge in [0.05, 0.1) is 6.04 Å². The van der Waals surface area contributed by atoms with Crippen molar-refractivity contribution >= 4 is 17.7 Å². The fourth-order valence-corrected chi connectivity index (χ4v) is 2.05. The Bertz CT molecular complexity index is 539. The SMILES string of the molecule is CC1=NC(=O)N[C@@H](c2ccccc2O)[C@H]1C(=O)O. The second kappa shape index (κ2) is 4.48. The third-order valence-electron chi connectivity index (χ3n) is 2.88. The first-order valence-electron chi connectivity index (χ1n) is 5.37. The van der Waals surface area contributed by atoms with Gasteiger partial charge in [-0.1, -0.05) is 18.2 Å². The van der Waals surface area contributed by atoms with Crippen molar-refractivity contribution in [3.8, 4) is 5.75 Å². The van der Waals surface area contributed by atoms with E-state index in [9.17, 15) is 19.8 Å². The van der Waals surface area contributed by atoms with Gasteiger partial charge in [0.1, 0.15) is 11.7 Å². The Morgan fingerprint density at radius 1 is 1.39 bits per heavy atom. The van der Waals surface area contributed by atoms with Gasteiger partial charge in [-0.3, -0.25) is 4.79 Å². The highest BCUT2D eigenvalue weighted by Crippen LogP contribution is 2.32. The summed E-state index contributed by atoms with van der Waals surface area (Å²) < 4.78 is 0. The molecule has 0 fully saturated rings. The van der Waals surface area contributed by atoms with Gasteiger partial charge in [-0.15, -0.1) is 0 Å². The molecule has 18 heavy (non-hydrogen) atoms. The largest absolute Gasteiger partial charge is 0.508 e. The molecule has 0 spiro atoms. The number of rotatable bonds is 2. The number of aromatic hydroxyl groups is 1. The van der Waals surface area contributed by atoms with Crippen LogP contribution in [0, 0.1) is 5.92 Å². The van der Waals surface area contributed by atoms with E-state index in [1.165, 1.54) is 13.0 Å². The van der Waals surface area contributed by atoms with E-state index in [4.69, 9.17) is 0 Å². The molecule has 1 aliphatic heterocycles. The van der Waals surface area contributed by atoms with E-state index in [-0.39, 0.29) is 11.5 Å². The van der Waals surface area contributed by atoms with Gasteiger partial charge in [0.15, 0.2) is 0 Å². The molecule has 0 unspecified atom stereocenters. The Balaban J connectivity index is 2.48. The number of para-hydroxylation sites is 1. The lowest BCUT2D eigenvalue weighted by Gasteiger charge is -2.28. The van der Waals surface area contributed by atoms with E-state index >= 15 is 0 Å². The number of aliphatic carboxylic acids is 1. The molecule has 0 saturated carbocycles. The Morgan fingerprint density at radius 2 is 2.06 bits per heavy atom. The van der Waals surface area contributed by atoms with Gasteiger partial charge < -0.3 is 15.5 Å². The van der Waals surface area contributed by atoms with Gasteiger partial charge in [-0.05, 0) is 13.0 Å².